The Bertz CT molecular complexity index is 592. The molecule has 7 heteroatoms. The zero-order chi connectivity index (χ0) is 13.3. The number of aromatic carboxylic acids is 1. The molecule has 0 fully saturated rings. The maximum Gasteiger partial charge on any atom is 0.417 e. The highest BCUT2D eigenvalue weighted by Gasteiger charge is 2.34. The van der Waals surface area contributed by atoms with Crippen LogP contribution >= 0.6 is 11.3 Å². The molecule has 0 aliphatic carbocycles. The van der Waals surface area contributed by atoms with E-state index >= 15 is 0 Å². The van der Waals surface area contributed by atoms with E-state index in [0.717, 1.165) is 17.4 Å². The highest BCUT2D eigenvalue weighted by molar-refractivity contribution is 7.13. The number of hydrogen-bond donors (Lipinski definition) is 1. The smallest absolute Gasteiger partial charge is 0.417 e. The number of nitrogens with zero attached hydrogens (tertiary/aromatic N) is 1. The molecule has 3 nitrogen and oxygen atoms in total. The molecule has 0 bridgehead atoms. The zero-order valence-electron chi connectivity index (χ0n) is 8.73. The van der Waals surface area contributed by atoms with Gasteiger partial charge in [-0.1, -0.05) is 18.2 Å². The molecule has 18 heavy (non-hydrogen) atoms. The number of alkyl halides is 3. The molecule has 0 spiro atoms. The van der Waals surface area contributed by atoms with Gasteiger partial charge in [0.2, 0.25) is 0 Å². The van der Waals surface area contributed by atoms with Crippen LogP contribution in [-0.4, -0.2) is 16.1 Å². The summed E-state index contributed by atoms with van der Waals surface area (Å²) < 4.78 is 38.3. The lowest BCUT2D eigenvalue weighted by molar-refractivity contribution is -0.137. The molecule has 0 amide bonds. The highest BCUT2D eigenvalue weighted by Crippen LogP contribution is 2.37. The summed E-state index contributed by atoms with van der Waals surface area (Å²) >= 11 is 0.869. The predicted octanol–water partition coefficient (Wildman–Crippen LogP) is 3.53. The molecule has 1 aromatic heterocycles. The Hall–Kier alpha value is -1.89. The lowest BCUT2D eigenvalue weighted by atomic mass is 10.1. The Balaban J connectivity index is 2.53. The maximum absolute atomic E-state index is 12.8. The summed E-state index contributed by atoms with van der Waals surface area (Å²) in [6.07, 6.45) is -4.49. The number of rotatable bonds is 2. The van der Waals surface area contributed by atoms with Gasteiger partial charge in [-0.05, 0) is 6.07 Å². The highest BCUT2D eigenvalue weighted by atomic mass is 32.1. The fraction of sp³-hybridized carbons (Fsp3) is 0.0909. The maximum atomic E-state index is 12.8. The zero-order valence-corrected chi connectivity index (χ0v) is 9.55. The van der Waals surface area contributed by atoms with Crippen molar-refractivity contribution in [3.8, 4) is 10.6 Å². The first-order valence-electron chi connectivity index (χ1n) is 4.75. The van der Waals surface area contributed by atoms with Gasteiger partial charge in [-0.3, -0.25) is 0 Å². The quantitative estimate of drug-likeness (QED) is 0.910. The van der Waals surface area contributed by atoms with Gasteiger partial charge in [-0.25, -0.2) is 9.78 Å². The lowest BCUT2D eigenvalue weighted by Gasteiger charge is -2.10. The number of carbonyl (C=O) groups is 1. The van der Waals surface area contributed by atoms with Gasteiger partial charge in [0, 0.05) is 10.9 Å². The van der Waals surface area contributed by atoms with Crippen molar-refractivity contribution in [2.24, 2.45) is 0 Å². The minimum atomic E-state index is -4.49. The van der Waals surface area contributed by atoms with Gasteiger partial charge in [-0.15, -0.1) is 11.3 Å². The molecule has 2 aromatic rings. The van der Waals surface area contributed by atoms with Crippen molar-refractivity contribution in [2.45, 2.75) is 6.18 Å². The molecule has 0 aliphatic rings. The predicted molar refractivity (Wildman–Crippen MR) is 59.5 cm³/mol. The number of carboxylic acids is 1. The third kappa shape index (κ3) is 2.35. The van der Waals surface area contributed by atoms with E-state index in [4.69, 9.17) is 5.11 Å². The Morgan fingerprint density at radius 3 is 2.50 bits per heavy atom. The van der Waals surface area contributed by atoms with Crippen molar-refractivity contribution in [2.75, 3.05) is 0 Å². The minimum absolute atomic E-state index is 0.0420. The second-order valence-electron chi connectivity index (χ2n) is 3.39. The average Bonchev–Trinajstić information content (AvgIpc) is 2.77. The fourth-order valence-corrected chi connectivity index (χ4v) is 2.25. The largest absolute Gasteiger partial charge is 0.476 e. The molecular formula is C11H6F3NO2S. The Kier molecular flexibility index (Phi) is 3.08. The first-order valence-corrected chi connectivity index (χ1v) is 5.63. The SMILES string of the molecule is O=C(O)c1csc(-c2ccccc2C(F)(F)F)n1. The Labute approximate surface area is 104 Å². The van der Waals surface area contributed by atoms with Gasteiger partial charge in [-0.2, -0.15) is 13.2 Å². The van der Waals surface area contributed by atoms with Crippen molar-refractivity contribution >= 4 is 17.3 Å². The molecule has 1 heterocycles. The Morgan fingerprint density at radius 1 is 1.28 bits per heavy atom. The van der Waals surface area contributed by atoms with Crippen LogP contribution < -0.4 is 0 Å². The number of aromatic nitrogens is 1. The van der Waals surface area contributed by atoms with Crippen LogP contribution in [0.25, 0.3) is 10.6 Å². The van der Waals surface area contributed by atoms with Gasteiger partial charge in [0.15, 0.2) is 5.69 Å². The third-order valence-corrected chi connectivity index (χ3v) is 3.06. The first-order chi connectivity index (χ1) is 8.39. The van der Waals surface area contributed by atoms with E-state index in [1.54, 1.807) is 0 Å². The topological polar surface area (TPSA) is 50.2 Å². The van der Waals surface area contributed by atoms with Crippen molar-refractivity contribution in [3.05, 3.63) is 40.9 Å². The van der Waals surface area contributed by atoms with Crippen LogP contribution in [0.4, 0.5) is 13.2 Å². The molecule has 1 aromatic carbocycles. The summed E-state index contributed by atoms with van der Waals surface area (Å²) in [5.41, 5.74) is -1.19. The third-order valence-electron chi connectivity index (χ3n) is 2.19. The normalized spacial score (nSPS) is 11.5. The summed E-state index contributed by atoms with van der Waals surface area (Å²) in [5.74, 6) is -1.26. The van der Waals surface area contributed by atoms with Gasteiger partial charge >= 0.3 is 12.1 Å². The number of carboxylic acid groups (broad SMARTS) is 1. The van der Waals surface area contributed by atoms with Crippen LogP contribution in [0.1, 0.15) is 16.1 Å². The van der Waals surface area contributed by atoms with Gasteiger partial charge in [0.25, 0.3) is 0 Å². The van der Waals surface area contributed by atoms with E-state index in [-0.39, 0.29) is 16.3 Å². The van der Waals surface area contributed by atoms with Crippen molar-refractivity contribution < 1.29 is 23.1 Å². The van der Waals surface area contributed by atoms with E-state index in [2.05, 4.69) is 4.98 Å². The molecule has 2 rings (SSSR count). The standard InChI is InChI=1S/C11H6F3NO2S/c12-11(13,14)7-4-2-1-3-6(7)9-15-8(5-18-9)10(16)17/h1-5H,(H,16,17). The summed E-state index contributed by atoms with van der Waals surface area (Å²) in [5, 5.41) is 9.95. The number of hydrogen-bond acceptors (Lipinski definition) is 3. The fourth-order valence-electron chi connectivity index (χ4n) is 1.41. The summed E-state index contributed by atoms with van der Waals surface area (Å²) in [4.78, 5) is 14.3. The summed E-state index contributed by atoms with van der Waals surface area (Å²) in [7, 11) is 0. The molecular weight excluding hydrogens is 267 g/mol. The Morgan fingerprint density at radius 2 is 1.94 bits per heavy atom. The molecule has 0 unspecified atom stereocenters. The molecule has 94 valence electrons. The van der Waals surface area contributed by atoms with E-state index in [1.165, 1.54) is 23.6 Å². The molecule has 0 atom stereocenters. The van der Waals surface area contributed by atoms with Crippen LogP contribution in [-0.2, 0) is 6.18 Å². The van der Waals surface area contributed by atoms with Gasteiger partial charge in [0.05, 0.1) is 5.56 Å². The first kappa shape index (κ1) is 12.6. The van der Waals surface area contributed by atoms with Crippen molar-refractivity contribution in [1.29, 1.82) is 0 Å². The van der Waals surface area contributed by atoms with E-state index in [9.17, 15) is 18.0 Å². The second-order valence-corrected chi connectivity index (χ2v) is 4.24. The lowest BCUT2D eigenvalue weighted by Crippen LogP contribution is -2.06. The van der Waals surface area contributed by atoms with Crippen molar-refractivity contribution in [3.63, 3.8) is 0 Å². The second kappa shape index (κ2) is 4.41. The van der Waals surface area contributed by atoms with Gasteiger partial charge in [0.1, 0.15) is 5.01 Å². The van der Waals surface area contributed by atoms with Crippen LogP contribution in [0.15, 0.2) is 29.6 Å². The molecule has 0 radical (unpaired) electrons. The molecule has 0 aliphatic heterocycles. The van der Waals surface area contributed by atoms with E-state index in [1.807, 2.05) is 0 Å². The number of halogens is 3. The summed E-state index contributed by atoms with van der Waals surface area (Å²) in [6.45, 7) is 0. The van der Waals surface area contributed by atoms with E-state index in [0.29, 0.717) is 0 Å². The number of benzene rings is 1. The van der Waals surface area contributed by atoms with Crippen molar-refractivity contribution in [1.82, 2.24) is 4.98 Å². The van der Waals surface area contributed by atoms with Crippen LogP contribution in [0.5, 0.6) is 0 Å². The van der Waals surface area contributed by atoms with E-state index < -0.39 is 17.7 Å². The van der Waals surface area contributed by atoms with Gasteiger partial charge < -0.3 is 5.11 Å². The van der Waals surface area contributed by atoms with Crippen LogP contribution in [0.2, 0.25) is 0 Å². The van der Waals surface area contributed by atoms with Crippen LogP contribution in [0.3, 0.4) is 0 Å². The number of thiazole rings is 1. The molecule has 0 saturated heterocycles. The monoisotopic (exact) mass is 273 g/mol. The average molecular weight is 273 g/mol. The minimum Gasteiger partial charge on any atom is -0.476 e. The molecule has 0 saturated carbocycles. The van der Waals surface area contributed by atoms with Crippen LogP contribution in [0, 0.1) is 0 Å². The summed E-state index contributed by atoms with van der Waals surface area (Å²) in [6, 6.07) is 4.94. The molecule has 1 N–H and O–H groups in total.